The minimum absolute atomic E-state index is 0.0839. The molecule has 31 heavy (non-hydrogen) atoms. The number of phenolic OH excluding ortho intramolecular Hbond substituents is 1. The number of carboxylic acids is 1. The lowest BCUT2D eigenvalue weighted by Gasteiger charge is -2.17. The summed E-state index contributed by atoms with van der Waals surface area (Å²) in [6.45, 7) is 1.37. The molecule has 0 bridgehead atoms. The van der Waals surface area contributed by atoms with Crippen molar-refractivity contribution in [2.24, 2.45) is 0 Å². The van der Waals surface area contributed by atoms with Crippen molar-refractivity contribution in [1.82, 2.24) is 4.57 Å². The summed E-state index contributed by atoms with van der Waals surface area (Å²) in [5, 5.41) is 14.8. The third-order valence-corrected chi connectivity index (χ3v) is 6.38. The number of hydrogen-bond donors (Lipinski definition) is 2. The van der Waals surface area contributed by atoms with E-state index in [1.54, 1.807) is 0 Å². The molecule has 0 unspecified atom stereocenters. The third-order valence-electron chi connectivity index (χ3n) is 4.32. The minimum Gasteiger partial charge on any atom is -0.505 e. The van der Waals surface area contributed by atoms with E-state index < -0.39 is 57.3 Å². The summed E-state index contributed by atoms with van der Waals surface area (Å²) in [5.74, 6) is -4.01. The average Bonchev–Trinajstić information content (AvgIpc) is 3.18. The van der Waals surface area contributed by atoms with Crippen LogP contribution in [0.4, 0.5) is 26.3 Å². The van der Waals surface area contributed by atoms with Gasteiger partial charge in [-0.05, 0) is 36.4 Å². The van der Waals surface area contributed by atoms with Crippen molar-refractivity contribution in [2.75, 3.05) is 0 Å². The summed E-state index contributed by atoms with van der Waals surface area (Å²) in [5.41, 5.74) is -0.135. The van der Waals surface area contributed by atoms with Gasteiger partial charge in [-0.2, -0.15) is 22.0 Å². The second-order valence-electron chi connectivity index (χ2n) is 6.37. The molecule has 0 saturated carbocycles. The lowest BCUT2D eigenvalue weighted by atomic mass is 10.1. The second kappa shape index (κ2) is 7.79. The molecule has 0 aliphatic rings. The number of benzene rings is 1. The van der Waals surface area contributed by atoms with Crippen molar-refractivity contribution in [3.63, 3.8) is 0 Å². The highest BCUT2D eigenvalue weighted by atomic mass is 32.2. The molecule has 2 N–H and O–H groups in total. The summed E-state index contributed by atoms with van der Waals surface area (Å²) in [4.78, 5) is 24.2. The number of aromatic nitrogens is 1. The molecule has 3 aromatic rings. The van der Waals surface area contributed by atoms with Gasteiger partial charge >= 0.3 is 17.4 Å². The number of alkyl halides is 5. The highest BCUT2D eigenvalue weighted by Crippen LogP contribution is 2.49. The number of rotatable bonds is 5. The Morgan fingerprint density at radius 2 is 1.81 bits per heavy atom. The molecule has 0 spiro atoms. The first-order valence-electron chi connectivity index (χ1n) is 8.24. The summed E-state index contributed by atoms with van der Waals surface area (Å²) < 4.78 is 78.1. The van der Waals surface area contributed by atoms with Crippen molar-refractivity contribution >= 4 is 45.9 Å². The quantitative estimate of drug-likeness (QED) is 0.374. The number of carboxylic acid groups (broad SMARTS) is 1. The molecule has 0 aliphatic carbocycles. The number of fused-ring (bicyclic) bond motifs is 1. The molecule has 3 rings (SSSR count). The Balaban J connectivity index is 2.08. The Hall–Kier alpha value is -2.67. The molecule has 5 nitrogen and oxygen atoms in total. The standard InChI is InChI=1S/C18H11F6NO4S2/c1-7-9(4-14(27)28)10-3-13(26)11(19)5-12(10)25(7)16(29)8-2-15(30-6-8)31-18(23,24)17(20,21)22/h2-3,5-6,26H,4H2,1H3,(H,27,28). The first kappa shape index (κ1) is 23.0. The first-order chi connectivity index (χ1) is 14.2. The topological polar surface area (TPSA) is 79.5 Å². The lowest BCUT2D eigenvalue weighted by molar-refractivity contribution is -0.237. The molecule has 0 radical (unpaired) electrons. The summed E-state index contributed by atoms with van der Waals surface area (Å²) >= 11 is -0.270. The maximum absolute atomic E-state index is 13.9. The van der Waals surface area contributed by atoms with Crippen LogP contribution in [0.3, 0.4) is 0 Å². The number of aromatic hydroxyl groups is 1. The van der Waals surface area contributed by atoms with Gasteiger partial charge in [0.2, 0.25) is 0 Å². The maximum atomic E-state index is 13.9. The first-order valence-corrected chi connectivity index (χ1v) is 9.93. The molecule has 0 atom stereocenters. The van der Waals surface area contributed by atoms with E-state index in [1.165, 1.54) is 6.92 Å². The molecule has 13 heteroatoms. The van der Waals surface area contributed by atoms with Crippen LogP contribution in [0, 0.1) is 12.7 Å². The van der Waals surface area contributed by atoms with Crippen molar-refractivity contribution in [2.45, 2.75) is 29.0 Å². The van der Waals surface area contributed by atoms with E-state index in [9.17, 15) is 41.0 Å². The van der Waals surface area contributed by atoms with E-state index in [4.69, 9.17) is 5.11 Å². The van der Waals surface area contributed by atoms with Crippen molar-refractivity contribution in [3.8, 4) is 5.75 Å². The van der Waals surface area contributed by atoms with E-state index in [0.29, 0.717) is 11.3 Å². The Kier molecular flexibility index (Phi) is 5.78. The summed E-state index contributed by atoms with van der Waals surface area (Å²) in [6.07, 6.45) is -6.35. The van der Waals surface area contributed by atoms with Crippen LogP contribution in [-0.4, -0.2) is 38.1 Å². The van der Waals surface area contributed by atoms with E-state index in [2.05, 4.69) is 0 Å². The molecule has 0 saturated heterocycles. The zero-order valence-electron chi connectivity index (χ0n) is 15.3. The SMILES string of the molecule is Cc1c(CC(=O)O)c2cc(O)c(F)cc2n1C(=O)c1csc(SC(F)(F)C(F)(F)F)c1. The molecule has 0 amide bonds. The predicted molar refractivity (Wildman–Crippen MR) is 101 cm³/mol. The molecular formula is C18H11F6NO4S2. The van der Waals surface area contributed by atoms with Gasteiger partial charge in [-0.1, -0.05) is 0 Å². The van der Waals surface area contributed by atoms with Gasteiger partial charge in [-0.3, -0.25) is 14.2 Å². The summed E-state index contributed by atoms with van der Waals surface area (Å²) in [7, 11) is 0. The van der Waals surface area contributed by atoms with Crippen LogP contribution >= 0.6 is 23.1 Å². The number of carbonyl (C=O) groups excluding carboxylic acids is 1. The number of nitrogens with zero attached hydrogens (tertiary/aromatic N) is 1. The van der Waals surface area contributed by atoms with Crippen molar-refractivity contribution < 1.29 is 46.1 Å². The smallest absolute Gasteiger partial charge is 0.464 e. The lowest BCUT2D eigenvalue weighted by Crippen LogP contribution is -2.32. The van der Waals surface area contributed by atoms with Gasteiger partial charge in [0.15, 0.2) is 11.6 Å². The van der Waals surface area contributed by atoms with Crippen LogP contribution in [-0.2, 0) is 11.2 Å². The zero-order valence-corrected chi connectivity index (χ0v) is 16.9. The zero-order chi connectivity index (χ0) is 23.3. The van der Waals surface area contributed by atoms with E-state index >= 15 is 0 Å². The molecule has 0 aliphatic heterocycles. The Morgan fingerprint density at radius 3 is 2.39 bits per heavy atom. The second-order valence-corrected chi connectivity index (χ2v) is 8.69. The number of carbonyl (C=O) groups is 2. The van der Waals surface area contributed by atoms with Crippen LogP contribution < -0.4 is 0 Å². The van der Waals surface area contributed by atoms with E-state index in [1.807, 2.05) is 0 Å². The van der Waals surface area contributed by atoms with Gasteiger partial charge in [0.1, 0.15) is 0 Å². The normalized spacial score (nSPS) is 12.5. The van der Waals surface area contributed by atoms with Crippen LogP contribution in [0.25, 0.3) is 10.9 Å². The molecule has 2 aromatic heterocycles. The van der Waals surface area contributed by atoms with Crippen LogP contribution in [0.5, 0.6) is 5.75 Å². The number of halogens is 6. The van der Waals surface area contributed by atoms with Crippen LogP contribution in [0.1, 0.15) is 21.6 Å². The van der Waals surface area contributed by atoms with Gasteiger partial charge in [0.25, 0.3) is 5.91 Å². The van der Waals surface area contributed by atoms with Crippen molar-refractivity contribution in [3.05, 3.63) is 46.2 Å². The predicted octanol–water partition coefficient (Wildman–Crippen LogP) is 5.42. The number of aliphatic carboxylic acids is 1. The summed E-state index contributed by atoms with van der Waals surface area (Å²) in [6, 6.07) is 2.61. The van der Waals surface area contributed by atoms with Gasteiger partial charge in [0.05, 0.1) is 21.7 Å². The third kappa shape index (κ3) is 4.24. The van der Waals surface area contributed by atoms with Crippen molar-refractivity contribution in [1.29, 1.82) is 0 Å². The van der Waals surface area contributed by atoms with Gasteiger partial charge < -0.3 is 10.2 Å². The fourth-order valence-corrected chi connectivity index (χ4v) is 4.73. The maximum Gasteiger partial charge on any atom is 0.464 e. The number of hydrogen-bond acceptors (Lipinski definition) is 5. The molecule has 0 fully saturated rings. The molecule has 2 heterocycles. The highest BCUT2D eigenvalue weighted by molar-refractivity contribution is 8.02. The Labute approximate surface area is 177 Å². The average molecular weight is 483 g/mol. The largest absolute Gasteiger partial charge is 0.505 e. The van der Waals surface area contributed by atoms with Crippen LogP contribution in [0.15, 0.2) is 27.8 Å². The van der Waals surface area contributed by atoms with E-state index in [-0.39, 0.29) is 27.7 Å². The number of thiophene rings is 1. The van der Waals surface area contributed by atoms with E-state index in [0.717, 1.165) is 28.1 Å². The molecule has 166 valence electrons. The molecular weight excluding hydrogens is 472 g/mol. The number of thioether (sulfide) groups is 1. The Morgan fingerprint density at radius 1 is 1.16 bits per heavy atom. The minimum atomic E-state index is -5.79. The van der Waals surface area contributed by atoms with Gasteiger partial charge in [-0.15, -0.1) is 11.3 Å². The monoisotopic (exact) mass is 483 g/mol. The fourth-order valence-electron chi connectivity index (χ4n) is 2.92. The van der Waals surface area contributed by atoms with Gasteiger partial charge in [-0.25, -0.2) is 4.39 Å². The fraction of sp³-hybridized carbons (Fsp3) is 0.222. The highest BCUT2D eigenvalue weighted by Gasteiger charge is 2.58. The van der Waals surface area contributed by atoms with Gasteiger partial charge in [0, 0.05) is 22.5 Å². The Bertz CT molecular complexity index is 1200. The number of phenols is 1. The molecule has 1 aromatic carbocycles. The van der Waals surface area contributed by atoms with Crippen LogP contribution in [0.2, 0.25) is 0 Å².